The average molecular weight is 431 g/mol. The van der Waals surface area contributed by atoms with Crippen LogP contribution in [0.15, 0.2) is 24.5 Å². The van der Waals surface area contributed by atoms with Crippen LogP contribution in [-0.4, -0.2) is 46.5 Å². The molecule has 0 spiro atoms. The normalized spacial score (nSPS) is 31.7. The van der Waals surface area contributed by atoms with Crippen molar-refractivity contribution in [1.29, 1.82) is 0 Å². The Labute approximate surface area is 182 Å². The van der Waals surface area contributed by atoms with Crippen LogP contribution in [0.1, 0.15) is 49.5 Å². The van der Waals surface area contributed by atoms with Crippen LogP contribution in [0.3, 0.4) is 0 Å². The SMILES string of the molecule is CCn1cc(C2CC3C(CN2)NNC3c2nc(N3CCC[C@H](N)C3)ccc2Cl)cn1. The molecule has 0 amide bonds. The Morgan fingerprint density at radius 1 is 1.30 bits per heavy atom. The van der Waals surface area contributed by atoms with E-state index in [0.29, 0.717) is 17.0 Å². The molecule has 3 fully saturated rings. The number of aromatic nitrogens is 3. The number of anilines is 1. The van der Waals surface area contributed by atoms with Crippen molar-refractivity contribution < 1.29 is 0 Å². The van der Waals surface area contributed by atoms with E-state index in [2.05, 4.69) is 39.3 Å². The summed E-state index contributed by atoms with van der Waals surface area (Å²) in [6.07, 6.45) is 7.32. The molecule has 0 aliphatic carbocycles. The van der Waals surface area contributed by atoms with Gasteiger partial charge in [-0.2, -0.15) is 5.10 Å². The fraction of sp³-hybridized carbons (Fsp3) is 0.619. The number of rotatable bonds is 4. The van der Waals surface area contributed by atoms with E-state index in [9.17, 15) is 0 Å². The van der Waals surface area contributed by atoms with Gasteiger partial charge >= 0.3 is 0 Å². The second-order valence-electron chi connectivity index (χ2n) is 8.75. The number of nitrogens with two attached hydrogens (primary N) is 1. The van der Waals surface area contributed by atoms with Crippen molar-refractivity contribution in [1.82, 2.24) is 30.9 Å². The predicted molar refractivity (Wildman–Crippen MR) is 118 cm³/mol. The van der Waals surface area contributed by atoms with Gasteiger partial charge in [0.2, 0.25) is 0 Å². The molecule has 0 saturated carbocycles. The van der Waals surface area contributed by atoms with Crippen LogP contribution in [-0.2, 0) is 6.54 Å². The van der Waals surface area contributed by atoms with Crippen molar-refractivity contribution in [3.05, 3.63) is 40.8 Å². The van der Waals surface area contributed by atoms with Gasteiger partial charge < -0.3 is 16.0 Å². The Morgan fingerprint density at radius 2 is 2.20 bits per heavy atom. The van der Waals surface area contributed by atoms with Crippen LogP contribution >= 0.6 is 11.6 Å². The second kappa shape index (κ2) is 8.43. The van der Waals surface area contributed by atoms with E-state index in [0.717, 1.165) is 57.0 Å². The Bertz CT molecular complexity index is 886. The van der Waals surface area contributed by atoms with Crippen LogP contribution < -0.4 is 26.8 Å². The third-order valence-electron chi connectivity index (χ3n) is 6.78. The first-order valence-corrected chi connectivity index (χ1v) is 11.4. The van der Waals surface area contributed by atoms with Crippen LogP contribution in [0.5, 0.6) is 0 Å². The van der Waals surface area contributed by atoms with E-state index >= 15 is 0 Å². The predicted octanol–water partition coefficient (Wildman–Crippen LogP) is 1.75. The van der Waals surface area contributed by atoms with Gasteiger partial charge in [-0.05, 0) is 38.3 Å². The number of piperidine rings is 2. The lowest BCUT2D eigenvalue weighted by molar-refractivity contribution is 0.265. The molecule has 3 saturated heterocycles. The second-order valence-corrected chi connectivity index (χ2v) is 9.15. The Hall–Kier alpha value is -1.71. The molecule has 2 aromatic rings. The maximum atomic E-state index is 6.65. The lowest BCUT2D eigenvalue weighted by Gasteiger charge is -2.34. The van der Waals surface area contributed by atoms with Crippen LogP contribution in [0.2, 0.25) is 5.02 Å². The number of nitrogens with zero attached hydrogens (tertiary/aromatic N) is 4. The maximum absolute atomic E-state index is 6.65. The Morgan fingerprint density at radius 3 is 3.00 bits per heavy atom. The van der Waals surface area contributed by atoms with Crippen molar-refractivity contribution in [2.24, 2.45) is 11.7 Å². The van der Waals surface area contributed by atoms with Gasteiger partial charge in [0.1, 0.15) is 5.82 Å². The lowest BCUT2D eigenvalue weighted by atomic mass is 9.82. The highest BCUT2D eigenvalue weighted by atomic mass is 35.5. The molecule has 3 aliphatic heterocycles. The minimum Gasteiger partial charge on any atom is -0.355 e. The average Bonchev–Trinajstić information content (AvgIpc) is 3.41. The summed E-state index contributed by atoms with van der Waals surface area (Å²) in [5, 5.41) is 8.84. The van der Waals surface area contributed by atoms with E-state index in [-0.39, 0.29) is 18.1 Å². The van der Waals surface area contributed by atoms with E-state index in [1.165, 1.54) is 5.56 Å². The minimum absolute atomic E-state index is 0.0757. The van der Waals surface area contributed by atoms with Crippen molar-refractivity contribution in [2.45, 2.75) is 56.9 Å². The third-order valence-corrected chi connectivity index (χ3v) is 7.10. The number of fused-ring (bicyclic) bond motifs is 1. The zero-order valence-corrected chi connectivity index (χ0v) is 18.1. The van der Waals surface area contributed by atoms with Crippen molar-refractivity contribution >= 4 is 17.4 Å². The molecule has 5 atom stereocenters. The molecule has 9 heteroatoms. The summed E-state index contributed by atoms with van der Waals surface area (Å²) in [5.41, 5.74) is 15.3. The van der Waals surface area contributed by atoms with Crippen molar-refractivity contribution in [3.8, 4) is 0 Å². The molecule has 0 aromatic carbocycles. The van der Waals surface area contributed by atoms with Crippen molar-refractivity contribution in [3.63, 3.8) is 0 Å². The van der Waals surface area contributed by atoms with Gasteiger partial charge in [0.05, 0.1) is 23.0 Å². The van der Waals surface area contributed by atoms with Crippen LogP contribution in [0.25, 0.3) is 0 Å². The van der Waals surface area contributed by atoms with Crippen LogP contribution in [0, 0.1) is 5.92 Å². The van der Waals surface area contributed by atoms with Gasteiger partial charge in [-0.15, -0.1) is 0 Å². The van der Waals surface area contributed by atoms with Crippen LogP contribution in [0.4, 0.5) is 5.82 Å². The summed E-state index contributed by atoms with van der Waals surface area (Å²) in [4.78, 5) is 7.31. The number of hydrogen-bond acceptors (Lipinski definition) is 7. The van der Waals surface area contributed by atoms with Gasteiger partial charge in [-0.3, -0.25) is 10.1 Å². The Balaban J connectivity index is 1.38. The van der Waals surface area contributed by atoms with Gasteiger partial charge in [0, 0.05) is 62.0 Å². The van der Waals surface area contributed by atoms with E-state index in [4.69, 9.17) is 22.3 Å². The van der Waals surface area contributed by atoms with Crippen molar-refractivity contribution in [2.75, 3.05) is 24.5 Å². The molecule has 3 aliphatic rings. The summed E-state index contributed by atoms with van der Waals surface area (Å²) in [5.74, 6) is 1.37. The third kappa shape index (κ3) is 3.83. The minimum atomic E-state index is 0.0757. The summed E-state index contributed by atoms with van der Waals surface area (Å²) >= 11 is 6.65. The highest BCUT2D eigenvalue weighted by Crippen LogP contribution is 2.40. The van der Waals surface area contributed by atoms with Gasteiger partial charge in [-0.1, -0.05) is 11.6 Å². The first-order chi connectivity index (χ1) is 14.6. The standard InChI is InChI=1S/C21H31ClN8/c1-2-30-11-13(9-25-30)17-8-15-18(10-24-17)27-28-20(15)21-16(22)5-6-19(26-21)29-7-3-4-14(23)12-29/h5-6,9,11,14-15,17-18,20,24,27-28H,2-4,7-8,10,12,23H2,1H3/t14-,15?,17?,18?,20?/m0/s1. The molecular weight excluding hydrogens is 400 g/mol. The molecule has 4 unspecified atom stereocenters. The number of nitrogens with one attached hydrogen (secondary N) is 3. The number of pyridine rings is 1. The van der Waals surface area contributed by atoms with E-state index in [1.807, 2.05) is 23.0 Å². The summed E-state index contributed by atoms with van der Waals surface area (Å²) < 4.78 is 1.98. The zero-order chi connectivity index (χ0) is 20.7. The van der Waals surface area contributed by atoms with Gasteiger partial charge in [0.15, 0.2) is 0 Å². The number of hydrogen-bond donors (Lipinski definition) is 4. The zero-order valence-electron chi connectivity index (χ0n) is 17.4. The fourth-order valence-electron chi connectivity index (χ4n) is 5.09. The molecule has 0 radical (unpaired) electrons. The van der Waals surface area contributed by atoms with E-state index < -0.39 is 0 Å². The largest absolute Gasteiger partial charge is 0.355 e. The number of halogens is 1. The number of aryl methyl sites for hydroxylation is 1. The summed E-state index contributed by atoms with van der Waals surface area (Å²) in [6, 6.07) is 4.93. The first-order valence-electron chi connectivity index (χ1n) is 11.1. The Kier molecular flexibility index (Phi) is 5.68. The molecule has 30 heavy (non-hydrogen) atoms. The topological polar surface area (TPSA) is 96.1 Å². The lowest BCUT2D eigenvalue weighted by Crippen LogP contribution is -2.46. The molecule has 5 N–H and O–H groups in total. The smallest absolute Gasteiger partial charge is 0.129 e. The monoisotopic (exact) mass is 430 g/mol. The fourth-order valence-corrected chi connectivity index (χ4v) is 5.31. The van der Waals surface area contributed by atoms with Gasteiger partial charge in [-0.25, -0.2) is 10.4 Å². The molecule has 162 valence electrons. The molecule has 2 aromatic heterocycles. The quantitative estimate of drug-likeness (QED) is 0.586. The molecule has 8 nitrogen and oxygen atoms in total. The summed E-state index contributed by atoms with van der Waals surface area (Å²) in [7, 11) is 0. The molecule has 5 rings (SSSR count). The summed E-state index contributed by atoms with van der Waals surface area (Å²) in [6.45, 7) is 5.74. The molecule has 0 bridgehead atoms. The highest BCUT2D eigenvalue weighted by Gasteiger charge is 2.43. The molecule has 5 heterocycles. The number of hydrazine groups is 1. The first kappa shape index (κ1) is 20.2. The molecular formula is C21H31ClN8. The highest BCUT2D eigenvalue weighted by molar-refractivity contribution is 6.31. The van der Waals surface area contributed by atoms with E-state index in [1.54, 1.807) is 0 Å². The maximum Gasteiger partial charge on any atom is 0.129 e. The van der Waals surface area contributed by atoms with Gasteiger partial charge in [0.25, 0.3) is 0 Å².